The number of hydrogen-bond donors (Lipinski definition) is 1. The molecule has 1 aliphatic rings. The molecule has 1 aromatic rings. The Kier molecular flexibility index (Phi) is 2.54. The molecule has 1 aliphatic heterocycles. The van der Waals surface area contributed by atoms with Gasteiger partial charge in [0, 0.05) is 13.1 Å². The van der Waals surface area contributed by atoms with Crippen molar-refractivity contribution < 1.29 is 8.42 Å². The molecule has 0 saturated carbocycles. The maximum absolute atomic E-state index is 11.9. The second-order valence-electron chi connectivity index (χ2n) is 3.15. The fourth-order valence-corrected chi connectivity index (χ4v) is 2.82. The van der Waals surface area contributed by atoms with Crippen LogP contribution in [0.1, 0.15) is 6.42 Å². The Bertz CT molecular complexity index is 396. The van der Waals surface area contributed by atoms with Gasteiger partial charge in [0.1, 0.15) is 0 Å². The predicted octanol–water partition coefficient (Wildman–Crippen LogP) is 0.586. The number of nitrogens with one attached hydrogen (secondary N) is 1. The molecule has 0 spiro atoms. The molecule has 1 N–H and O–H groups in total. The summed E-state index contributed by atoms with van der Waals surface area (Å²) in [5.74, 6) is 0. The zero-order valence-corrected chi connectivity index (χ0v) is 8.50. The van der Waals surface area contributed by atoms with Crippen molar-refractivity contribution in [3.63, 3.8) is 0 Å². The van der Waals surface area contributed by atoms with Crippen LogP contribution in [0.4, 0.5) is 0 Å². The zero-order chi connectivity index (χ0) is 10.0. The highest BCUT2D eigenvalue weighted by molar-refractivity contribution is 7.89. The summed E-state index contributed by atoms with van der Waals surface area (Å²) >= 11 is 0. The van der Waals surface area contributed by atoms with E-state index < -0.39 is 10.0 Å². The van der Waals surface area contributed by atoms with Crippen molar-refractivity contribution in [2.75, 3.05) is 13.1 Å². The lowest BCUT2D eigenvalue weighted by atomic mass is 10.4. The number of sulfonamides is 1. The van der Waals surface area contributed by atoms with E-state index in [2.05, 4.69) is 5.43 Å². The number of benzene rings is 1. The van der Waals surface area contributed by atoms with E-state index in [1.807, 2.05) is 0 Å². The molecule has 1 saturated heterocycles. The van der Waals surface area contributed by atoms with Crippen LogP contribution >= 0.6 is 0 Å². The smallest absolute Gasteiger partial charge is 0.241 e. The standard InChI is InChI=1S/C9H12N2O2S/c12-14(13,11-8-4-7-10-11)9-5-2-1-3-6-9/h1-3,5-6,10H,4,7-8H2. The second-order valence-corrected chi connectivity index (χ2v) is 5.01. The minimum Gasteiger partial charge on any atom is -0.241 e. The number of hydrazine groups is 1. The first-order chi connectivity index (χ1) is 6.71. The van der Waals surface area contributed by atoms with E-state index >= 15 is 0 Å². The van der Waals surface area contributed by atoms with Gasteiger partial charge in [0.25, 0.3) is 10.0 Å². The third kappa shape index (κ3) is 1.66. The van der Waals surface area contributed by atoms with Gasteiger partial charge in [-0.1, -0.05) is 18.2 Å². The van der Waals surface area contributed by atoms with E-state index in [9.17, 15) is 8.42 Å². The van der Waals surface area contributed by atoms with Crippen LogP contribution in [-0.4, -0.2) is 25.9 Å². The maximum Gasteiger partial charge on any atom is 0.255 e. The summed E-state index contributed by atoms with van der Waals surface area (Å²) < 4.78 is 25.1. The molecule has 4 nitrogen and oxygen atoms in total. The summed E-state index contributed by atoms with van der Waals surface area (Å²) in [5, 5.41) is 0. The fraction of sp³-hybridized carbons (Fsp3) is 0.333. The SMILES string of the molecule is O=S(=O)(c1ccccc1)N1CCCN1. The van der Waals surface area contributed by atoms with Gasteiger partial charge in [0.15, 0.2) is 0 Å². The fourth-order valence-electron chi connectivity index (χ4n) is 1.43. The third-order valence-electron chi connectivity index (χ3n) is 2.16. The minimum atomic E-state index is -3.32. The van der Waals surface area contributed by atoms with Crippen molar-refractivity contribution in [1.29, 1.82) is 0 Å². The van der Waals surface area contributed by atoms with Crippen molar-refractivity contribution in [3.8, 4) is 0 Å². The second kappa shape index (κ2) is 3.68. The predicted molar refractivity (Wildman–Crippen MR) is 53.0 cm³/mol. The Morgan fingerprint density at radius 1 is 1.21 bits per heavy atom. The first-order valence-electron chi connectivity index (χ1n) is 4.52. The summed E-state index contributed by atoms with van der Waals surface area (Å²) in [5.41, 5.74) is 2.84. The molecule has 0 bridgehead atoms. The number of rotatable bonds is 2. The molecule has 76 valence electrons. The Morgan fingerprint density at radius 2 is 1.93 bits per heavy atom. The molecule has 14 heavy (non-hydrogen) atoms. The quantitative estimate of drug-likeness (QED) is 0.780. The lowest BCUT2D eigenvalue weighted by molar-refractivity contribution is 0.399. The molecule has 2 rings (SSSR count). The lowest BCUT2D eigenvalue weighted by Crippen LogP contribution is -2.36. The van der Waals surface area contributed by atoms with Gasteiger partial charge in [-0.25, -0.2) is 13.8 Å². The van der Waals surface area contributed by atoms with E-state index in [0.717, 1.165) is 13.0 Å². The number of hydrogen-bond acceptors (Lipinski definition) is 3. The van der Waals surface area contributed by atoms with Gasteiger partial charge in [0.2, 0.25) is 0 Å². The van der Waals surface area contributed by atoms with Crippen LogP contribution in [0.5, 0.6) is 0 Å². The van der Waals surface area contributed by atoms with Gasteiger partial charge < -0.3 is 0 Å². The Hall–Kier alpha value is -0.910. The first-order valence-corrected chi connectivity index (χ1v) is 5.96. The Labute approximate surface area is 83.6 Å². The molecule has 1 heterocycles. The minimum absolute atomic E-state index is 0.342. The molecule has 1 fully saturated rings. The molecular weight excluding hydrogens is 200 g/mol. The largest absolute Gasteiger partial charge is 0.255 e. The summed E-state index contributed by atoms with van der Waals surface area (Å²) in [6, 6.07) is 8.47. The van der Waals surface area contributed by atoms with Gasteiger partial charge in [0.05, 0.1) is 4.90 Å². The Morgan fingerprint density at radius 3 is 2.50 bits per heavy atom. The lowest BCUT2D eigenvalue weighted by Gasteiger charge is -2.15. The molecule has 0 radical (unpaired) electrons. The van der Waals surface area contributed by atoms with E-state index in [1.165, 1.54) is 4.41 Å². The monoisotopic (exact) mass is 212 g/mol. The molecule has 0 atom stereocenters. The molecular formula is C9H12N2O2S. The van der Waals surface area contributed by atoms with Gasteiger partial charge >= 0.3 is 0 Å². The van der Waals surface area contributed by atoms with E-state index in [4.69, 9.17) is 0 Å². The van der Waals surface area contributed by atoms with Crippen molar-refractivity contribution in [3.05, 3.63) is 30.3 Å². The van der Waals surface area contributed by atoms with Crippen LogP contribution < -0.4 is 5.43 Å². The van der Waals surface area contributed by atoms with E-state index in [-0.39, 0.29) is 0 Å². The van der Waals surface area contributed by atoms with Gasteiger partial charge in [-0.15, -0.1) is 4.41 Å². The van der Waals surface area contributed by atoms with Crippen LogP contribution in [0.15, 0.2) is 35.2 Å². The highest BCUT2D eigenvalue weighted by Crippen LogP contribution is 2.15. The molecule has 0 unspecified atom stereocenters. The topological polar surface area (TPSA) is 49.4 Å². The van der Waals surface area contributed by atoms with Crippen LogP contribution in [-0.2, 0) is 10.0 Å². The summed E-state index contributed by atoms with van der Waals surface area (Å²) in [7, 11) is -3.32. The van der Waals surface area contributed by atoms with Gasteiger partial charge in [-0.3, -0.25) is 0 Å². The van der Waals surface area contributed by atoms with Crippen molar-refractivity contribution in [2.45, 2.75) is 11.3 Å². The third-order valence-corrected chi connectivity index (χ3v) is 3.92. The number of nitrogens with zero attached hydrogens (tertiary/aromatic N) is 1. The van der Waals surface area contributed by atoms with Crippen LogP contribution in [0.25, 0.3) is 0 Å². The highest BCUT2D eigenvalue weighted by atomic mass is 32.2. The normalized spacial score (nSPS) is 18.6. The van der Waals surface area contributed by atoms with E-state index in [1.54, 1.807) is 30.3 Å². The van der Waals surface area contributed by atoms with Crippen molar-refractivity contribution >= 4 is 10.0 Å². The Balaban J connectivity index is 2.33. The average Bonchev–Trinajstić information content (AvgIpc) is 2.72. The van der Waals surface area contributed by atoms with Crippen LogP contribution in [0.2, 0.25) is 0 Å². The van der Waals surface area contributed by atoms with Crippen LogP contribution in [0.3, 0.4) is 0 Å². The van der Waals surface area contributed by atoms with Gasteiger partial charge in [-0.2, -0.15) is 0 Å². The highest BCUT2D eigenvalue weighted by Gasteiger charge is 2.26. The van der Waals surface area contributed by atoms with Crippen molar-refractivity contribution in [2.24, 2.45) is 0 Å². The summed E-state index contributed by atoms with van der Waals surface area (Å²) in [4.78, 5) is 0.342. The molecule has 0 aliphatic carbocycles. The van der Waals surface area contributed by atoms with Crippen molar-refractivity contribution in [1.82, 2.24) is 9.84 Å². The molecule has 1 aromatic carbocycles. The average molecular weight is 212 g/mol. The first kappa shape index (κ1) is 9.64. The zero-order valence-electron chi connectivity index (χ0n) is 7.68. The summed E-state index contributed by atoms with van der Waals surface area (Å²) in [6.45, 7) is 1.28. The molecule has 0 aromatic heterocycles. The van der Waals surface area contributed by atoms with Gasteiger partial charge in [-0.05, 0) is 18.6 Å². The van der Waals surface area contributed by atoms with E-state index in [0.29, 0.717) is 11.4 Å². The summed E-state index contributed by atoms with van der Waals surface area (Å²) in [6.07, 6.45) is 0.867. The molecule has 0 amide bonds. The molecule has 5 heteroatoms. The maximum atomic E-state index is 11.9. The van der Waals surface area contributed by atoms with Crippen LogP contribution in [0, 0.1) is 0 Å².